The van der Waals surface area contributed by atoms with Crippen molar-refractivity contribution in [1.29, 1.82) is 0 Å². The molecule has 1 saturated carbocycles. The summed E-state index contributed by atoms with van der Waals surface area (Å²) in [5.74, 6) is -2.76. The average molecular weight is 511 g/mol. The van der Waals surface area contributed by atoms with Crippen molar-refractivity contribution in [2.75, 3.05) is 31.9 Å². The van der Waals surface area contributed by atoms with Crippen molar-refractivity contribution in [2.24, 2.45) is 0 Å². The van der Waals surface area contributed by atoms with Crippen LogP contribution in [0.3, 0.4) is 0 Å². The van der Waals surface area contributed by atoms with E-state index >= 15 is 0 Å². The Morgan fingerprint density at radius 1 is 1.06 bits per heavy atom. The smallest absolute Gasteiger partial charge is 0.248 e. The summed E-state index contributed by atoms with van der Waals surface area (Å²) >= 11 is 12.2. The topological polar surface area (TPSA) is 57.7 Å². The highest BCUT2D eigenvalue weighted by Gasteiger charge is 2.47. The van der Waals surface area contributed by atoms with E-state index in [9.17, 15) is 22.0 Å². The van der Waals surface area contributed by atoms with E-state index in [4.69, 9.17) is 23.2 Å². The third-order valence-electron chi connectivity index (χ3n) is 6.72. The molecule has 32 heavy (non-hydrogen) atoms. The summed E-state index contributed by atoms with van der Waals surface area (Å²) in [7, 11) is -3.29. The van der Waals surface area contributed by atoms with Crippen molar-refractivity contribution in [3.05, 3.63) is 33.8 Å². The molecule has 0 aromatic heterocycles. The van der Waals surface area contributed by atoms with E-state index in [1.807, 2.05) is 6.92 Å². The number of carbonyl (C=O) groups excluding carboxylic acids is 1. The Kier molecular flexibility index (Phi) is 8.24. The molecular weight excluding hydrogens is 481 g/mol. The van der Waals surface area contributed by atoms with Crippen molar-refractivity contribution in [3.63, 3.8) is 0 Å². The van der Waals surface area contributed by atoms with Crippen molar-refractivity contribution in [2.45, 2.75) is 63.3 Å². The fourth-order valence-electron chi connectivity index (χ4n) is 4.83. The van der Waals surface area contributed by atoms with E-state index in [0.717, 1.165) is 0 Å². The van der Waals surface area contributed by atoms with Crippen LogP contribution in [0.25, 0.3) is 0 Å². The van der Waals surface area contributed by atoms with Gasteiger partial charge in [-0.1, -0.05) is 30.1 Å². The van der Waals surface area contributed by atoms with Crippen molar-refractivity contribution >= 4 is 39.0 Å². The van der Waals surface area contributed by atoms with Gasteiger partial charge in [0.15, 0.2) is 5.78 Å². The highest BCUT2D eigenvalue weighted by Crippen LogP contribution is 2.44. The van der Waals surface area contributed by atoms with Crippen molar-refractivity contribution in [3.8, 4) is 0 Å². The second-order valence-corrected chi connectivity index (χ2v) is 11.8. The fourth-order valence-corrected chi connectivity index (χ4v) is 6.71. The molecule has 3 rings (SSSR count). The first kappa shape index (κ1) is 25.8. The van der Waals surface area contributed by atoms with Gasteiger partial charge in [-0.2, -0.15) is 4.31 Å². The molecule has 1 saturated heterocycles. The molecule has 0 radical (unpaired) electrons. The van der Waals surface area contributed by atoms with Gasteiger partial charge in [-0.05, 0) is 43.9 Å². The minimum absolute atomic E-state index is 0.110. The van der Waals surface area contributed by atoms with Gasteiger partial charge in [0.05, 0.1) is 10.8 Å². The molecular formula is C22H30Cl2F2N2O3S. The zero-order chi connectivity index (χ0) is 23.6. The van der Waals surface area contributed by atoms with Gasteiger partial charge in [-0.25, -0.2) is 17.2 Å². The van der Waals surface area contributed by atoms with Crippen LogP contribution in [0.15, 0.2) is 18.2 Å². The molecule has 0 N–H and O–H groups in total. The number of ketones is 1. The van der Waals surface area contributed by atoms with Crippen LogP contribution in [0.4, 0.5) is 8.78 Å². The third kappa shape index (κ3) is 6.00. The summed E-state index contributed by atoms with van der Waals surface area (Å²) in [4.78, 5) is 15.0. The monoisotopic (exact) mass is 510 g/mol. The molecule has 1 aliphatic heterocycles. The van der Waals surface area contributed by atoms with Crippen LogP contribution in [0.1, 0.15) is 62.2 Å². The lowest BCUT2D eigenvalue weighted by atomic mass is 9.74. The molecule has 180 valence electrons. The Morgan fingerprint density at radius 2 is 1.69 bits per heavy atom. The molecule has 5 nitrogen and oxygen atoms in total. The lowest BCUT2D eigenvalue weighted by Gasteiger charge is -2.51. The highest BCUT2D eigenvalue weighted by molar-refractivity contribution is 7.89. The van der Waals surface area contributed by atoms with Crippen LogP contribution >= 0.6 is 23.2 Å². The number of rotatable bonds is 8. The molecule has 0 amide bonds. The van der Waals surface area contributed by atoms with Gasteiger partial charge in [0, 0.05) is 61.6 Å². The molecule has 1 aromatic rings. The normalized spacial score (nSPS) is 22.0. The van der Waals surface area contributed by atoms with Crippen molar-refractivity contribution < 1.29 is 22.0 Å². The predicted molar refractivity (Wildman–Crippen MR) is 123 cm³/mol. The van der Waals surface area contributed by atoms with E-state index < -0.39 is 21.5 Å². The second-order valence-electron chi connectivity index (χ2n) is 8.83. The Bertz CT molecular complexity index is 925. The van der Waals surface area contributed by atoms with E-state index in [1.54, 1.807) is 12.1 Å². The Morgan fingerprint density at radius 3 is 2.28 bits per heavy atom. The van der Waals surface area contributed by atoms with Gasteiger partial charge < -0.3 is 0 Å². The van der Waals surface area contributed by atoms with Crippen LogP contribution in [0.5, 0.6) is 0 Å². The summed E-state index contributed by atoms with van der Waals surface area (Å²) in [6, 6.07) is 4.72. The molecule has 2 aliphatic rings. The number of halogens is 4. The largest absolute Gasteiger partial charge is 0.295 e. The first-order valence-electron chi connectivity index (χ1n) is 11.1. The third-order valence-corrected chi connectivity index (χ3v) is 9.36. The first-order valence-corrected chi connectivity index (χ1v) is 13.4. The number of alkyl halides is 2. The number of benzene rings is 1. The number of nitrogens with zero attached hydrogens (tertiary/aromatic N) is 2. The lowest BCUT2D eigenvalue weighted by Crippen LogP contribution is -2.60. The van der Waals surface area contributed by atoms with Gasteiger partial charge in [-0.15, -0.1) is 0 Å². The Balaban J connectivity index is 1.73. The molecule has 1 aromatic carbocycles. The molecule has 1 aliphatic carbocycles. The molecule has 0 bridgehead atoms. The van der Waals surface area contributed by atoms with E-state index in [2.05, 4.69) is 4.90 Å². The summed E-state index contributed by atoms with van der Waals surface area (Å²) < 4.78 is 54.3. The van der Waals surface area contributed by atoms with Gasteiger partial charge in [-0.3, -0.25) is 9.69 Å². The van der Waals surface area contributed by atoms with Crippen LogP contribution in [-0.4, -0.2) is 66.8 Å². The number of piperazine rings is 1. The molecule has 1 heterocycles. The summed E-state index contributed by atoms with van der Waals surface area (Å²) in [6.07, 6.45) is 1.24. The maximum atomic E-state index is 14.0. The quantitative estimate of drug-likeness (QED) is 0.447. The Hall–Kier alpha value is -0.800. The minimum atomic E-state index is -3.29. The zero-order valence-electron chi connectivity index (χ0n) is 18.3. The fraction of sp³-hybridized carbons (Fsp3) is 0.682. The zero-order valence-corrected chi connectivity index (χ0v) is 20.6. The van der Waals surface area contributed by atoms with Crippen LogP contribution in [0.2, 0.25) is 10.0 Å². The molecule has 0 unspecified atom stereocenters. The Labute approximate surface area is 199 Å². The van der Waals surface area contributed by atoms with Gasteiger partial charge in [0.2, 0.25) is 15.9 Å². The summed E-state index contributed by atoms with van der Waals surface area (Å²) in [6.45, 7) is 3.46. The summed E-state index contributed by atoms with van der Waals surface area (Å²) in [5.41, 5.74) is -0.214. The first-order chi connectivity index (χ1) is 15.0. The average Bonchev–Trinajstić information content (AvgIpc) is 2.75. The standard InChI is InChI=1S/C22H30Cl2F2N2O3S/c1-2-15-32(30,31)28-13-11-27(12-14-28)21(7-9-22(25,26)10-8-21)6-5-20(29)18-16-17(23)3-4-19(18)24/h3-4,16H,2,5-15H2,1H3. The van der Waals surface area contributed by atoms with E-state index in [0.29, 0.717) is 54.6 Å². The van der Waals surface area contributed by atoms with E-state index in [1.165, 1.54) is 10.4 Å². The maximum Gasteiger partial charge on any atom is 0.248 e. The highest BCUT2D eigenvalue weighted by atomic mass is 35.5. The SMILES string of the molecule is CCCS(=O)(=O)N1CCN(C2(CCC(=O)c3cc(Cl)ccc3Cl)CCC(F)(F)CC2)CC1. The van der Waals surface area contributed by atoms with Crippen LogP contribution < -0.4 is 0 Å². The minimum Gasteiger partial charge on any atom is -0.295 e. The van der Waals surface area contributed by atoms with Gasteiger partial charge in [0.1, 0.15) is 0 Å². The van der Waals surface area contributed by atoms with Gasteiger partial charge >= 0.3 is 0 Å². The van der Waals surface area contributed by atoms with Crippen molar-refractivity contribution in [1.82, 2.24) is 9.21 Å². The van der Waals surface area contributed by atoms with E-state index in [-0.39, 0.29) is 43.6 Å². The molecule has 0 spiro atoms. The second kappa shape index (κ2) is 10.2. The number of sulfonamides is 1. The predicted octanol–water partition coefficient (Wildman–Crippen LogP) is 5.26. The lowest BCUT2D eigenvalue weighted by molar-refractivity contribution is -0.0891. The molecule has 10 heteroatoms. The van der Waals surface area contributed by atoms with Crippen LogP contribution in [0, 0.1) is 0 Å². The number of carbonyl (C=O) groups is 1. The number of Topliss-reactive ketones (excluding diaryl/α,β-unsaturated/α-hetero) is 1. The maximum absolute atomic E-state index is 14.0. The number of hydrogen-bond donors (Lipinski definition) is 0. The number of hydrogen-bond acceptors (Lipinski definition) is 4. The summed E-state index contributed by atoms with van der Waals surface area (Å²) in [5, 5.41) is 0.729. The van der Waals surface area contributed by atoms with Gasteiger partial charge in [0.25, 0.3) is 0 Å². The molecule has 2 fully saturated rings. The molecule has 0 atom stereocenters. The van der Waals surface area contributed by atoms with Crippen LogP contribution in [-0.2, 0) is 10.0 Å².